The molecule has 1 aliphatic rings. The molecule has 106 valence electrons. The Morgan fingerprint density at radius 1 is 1.32 bits per heavy atom. The topological polar surface area (TPSA) is 21.3 Å². The van der Waals surface area contributed by atoms with E-state index in [2.05, 4.69) is 43.4 Å². The third kappa shape index (κ3) is 4.63. The Bertz CT molecular complexity index is 354. The van der Waals surface area contributed by atoms with E-state index in [9.17, 15) is 0 Å². The molecular formula is C17H27NO. The fourth-order valence-electron chi connectivity index (χ4n) is 2.78. The number of ether oxygens (including phenoxy) is 1. The highest BCUT2D eigenvalue weighted by Gasteiger charge is 2.21. The van der Waals surface area contributed by atoms with Crippen LogP contribution < -0.4 is 5.32 Å². The summed E-state index contributed by atoms with van der Waals surface area (Å²) < 4.78 is 5.81. The molecule has 1 fully saturated rings. The Morgan fingerprint density at radius 2 is 2.11 bits per heavy atom. The number of hydrogen-bond donors (Lipinski definition) is 1. The number of aryl methyl sites for hydroxylation is 1. The maximum Gasteiger partial charge on any atom is 0.0582 e. The molecule has 1 heterocycles. The fraction of sp³-hybridized carbons (Fsp3) is 0.647. The summed E-state index contributed by atoms with van der Waals surface area (Å²) in [6, 6.07) is 9.00. The van der Waals surface area contributed by atoms with Crippen LogP contribution in [0.4, 0.5) is 0 Å². The van der Waals surface area contributed by atoms with Crippen molar-refractivity contribution in [3.63, 3.8) is 0 Å². The average molecular weight is 261 g/mol. The van der Waals surface area contributed by atoms with Gasteiger partial charge in [-0.2, -0.15) is 0 Å². The summed E-state index contributed by atoms with van der Waals surface area (Å²) in [5.41, 5.74) is 2.78. The summed E-state index contributed by atoms with van der Waals surface area (Å²) in [5, 5.41) is 3.57. The van der Waals surface area contributed by atoms with Gasteiger partial charge in [-0.15, -0.1) is 0 Å². The summed E-state index contributed by atoms with van der Waals surface area (Å²) >= 11 is 0. The first-order valence-corrected chi connectivity index (χ1v) is 7.68. The molecule has 2 heteroatoms. The van der Waals surface area contributed by atoms with Crippen LogP contribution in [0.3, 0.4) is 0 Å². The van der Waals surface area contributed by atoms with Crippen molar-refractivity contribution in [3.05, 3.63) is 35.4 Å². The Morgan fingerprint density at radius 3 is 2.74 bits per heavy atom. The molecular weight excluding hydrogens is 234 g/mol. The molecule has 2 atom stereocenters. The minimum absolute atomic E-state index is 0.467. The molecule has 0 radical (unpaired) electrons. The van der Waals surface area contributed by atoms with E-state index in [-0.39, 0.29) is 0 Å². The minimum Gasteiger partial charge on any atom is -0.378 e. The van der Waals surface area contributed by atoms with E-state index in [1.165, 1.54) is 30.4 Å². The van der Waals surface area contributed by atoms with Crippen LogP contribution in [-0.4, -0.2) is 25.8 Å². The highest BCUT2D eigenvalue weighted by atomic mass is 16.5. The zero-order valence-corrected chi connectivity index (χ0v) is 12.3. The minimum atomic E-state index is 0.467. The highest BCUT2D eigenvalue weighted by molar-refractivity contribution is 5.25. The van der Waals surface area contributed by atoms with Gasteiger partial charge in [0.25, 0.3) is 0 Å². The van der Waals surface area contributed by atoms with E-state index in [1.54, 1.807) is 0 Å². The van der Waals surface area contributed by atoms with Gasteiger partial charge in [-0.05, 0) is 50.6 Å². The SMILES string of the molecule is CCCNCC(CC1CCCO1)c1ccc(C)cc1. The Balaban J connectivity index is 1.97. The van der Waals surface area contributed by atoms with Crippen molar-refractivity contribution in [2.24, 2.45) is 0 Å². The molecule has 0 aromatic heterocycles. The van der Waals surface area contributed by atoms with Crippen LogP contribution in [0.25, 0.3) is 0 Å². The number of hydrogen-bond acceptors (Lipinski definition) is 2. The summed E-state index contributed by atoms with van der Waals surface area (Å²) in [6.07, 6.45) is 5.28. The van der Waals surface area contributed by atoms with Gasteiger partial charge in [0.05, 0.1) is 6.10 Å². The quantitative estimate of drug-likeness (QED) is 0.757. The van der Waals surface area contributed by atoms with Crippen LogP contribution in [0, 0.1) is 6.92 Å². The largest absolute Gasteiger partial charge is 0.378 e. The molecule has 0 aliphatic carbocycles. The van der Waals surface area contributed by atoms with E-state index < -0.39 is 0 Å². The smallest absolute Gasteiger partial charge is 0.0582 e. The van der Waals surface area contributed by atoms with Crippen LogP contribution >= 0.6 is 0 Å². The van der Waals surface area contributed by atoms with Gasteiger partial charge in [-0.25, -0.2) is 0 Å². The van der Waals surface area contributed by atoms with E-state index in [4.69, 9.17) is 4.74 Å². The van der Waals surface area contributed by atoms with Crippen LogP contribution in [0.2, 0.25) is 0 Å². The summed E-state index contributed by atoms with van der Waals surface area (Å²) in [6.45, 7) is 7.49. The lowest BCUT2D eigenvalue weighted by atomic mass is 9.91. The third-order valence-corrected chi connectivity index (χ3v) is 3.94. The van der Waals surface area contributed by atoms with Gasteiger partial charge in [0.1, 0.15) is 0 Å². The average Bonchev–Trinajstić information content (AvgIpc) is 2.92. The predicted octanol–water partition coefficient (Wildman–Crippen LogP) is 3.65. The summed E-state index contributed by atoms with van der Waals surface area (Å²) in [7, 11) is 0. The first-order valence-electron chi connectivity index (χ1n) is 7.68. The maximum absolute atomic E-state index is 5.81. The molecule has 19 heavy (non-hydrogen) atoms. The zero-order chi connectivity index (χ0) is 13.5. The molecule has 2 unspecified atom stereocenters. The summed E-state index contributed by atoms with van der Waals surface area (Å²) in [4.78, 5) is 0. The Labute approximate surface area is 117 Å². The van der Waals surface area contributed by atoms with Crippen molar-refractivity contribution in [1.82, 2.24) is 5.32 Å². The zero-order valence-electron chi connectivity index (χ0n) is 12.3. The first kappa shape index (κ1) is 14.5. The van der Waals surface area contributed by atoms with E-state index in [0.717, 1.165) is 26.1 Å². The van der Waals surface area contributed by atoms with E-state index in [1.807, 2.05) is 0 Å². The van der Waals surface area contributed by atoms with Crippen LogP contribution in [0.1, 0.15) is 49.7 Å². The van der Waals surface area contributed by atoms with Crippen LogP contribution in [-0.2, 0) is 4.74 Å². The van der Waals surface area contributed by atoms with Gasteiger partial charge in [-0.1, -0.05) is 36.8 Å². The molecule has 1 saturated heterocycles. The molecule has 0 saturated carbocycles. The second-order valence-electron chi connectivity index (χ2n) is 5.68. The molecule has 1 aliphatic heterocycles. The molecule has 0 bridgehead atoms. The van der Waals surface area contributed by atoms with Crippen molar-refractivity contribution in [2.45, 2.75) is 51.6 Å². The third-order valence-electron chi connectivity index (χ3n) is 3.94. The standard InChI is InChI=1S/C17H27NO/c1-3-10-18-13-16(12-17-5-4-11-19-17)15-8-6-14(2)7-9-15/h6-9,16-18H,3-5,10-13H2,1-2H3. The predicted molar refractivity (Wildman–Crippen MR) is 80.7 cm³/mol. The van der Waals surface area contributed by atoms with Gasteiger partial charge in [-0.3, -0.25) is 0 Å². The first-order chi connectivity index (χ1) is 9.29. The Kier molecular flexibility index (Phi) is 5.87. The lowest BCUT2D eigenvalue weighted by Crippen LogP contribution is -2.25. The lowest BCUT2D eigenvalue weighted by Gasteiger charge is -2.21. The fourth-order valence-corrected chi connectivity index (χ4v) is 2.78. The molecule has 1 N–H and O–H groups in total. The summed E-state index contributed by atoms with van der Waals surface area (Å²) in [5.74, 6) is 0.579. The highest BCUT2D eigenvalue weighted by Crippen LogP contribution is 2.26. The molecule has 0 spiro atoms. The van der Waals surface area contributed by atoms with Crippen LogP contribution in [0.15, 0.2) is 24.3 Å². The molecule has 2 rings (SSSR count). The van der Waals surface area contributed by atoms with Gasteiger partial charge in [0.15, 0.2) is 0 Å². The lowest BCUT2D eigenvalue weighted by molar-refractivity contribution is 0.0977. The van der Waals surface area contributed by atoms with Gasteiger partial charge in [0.2, 0.25) is 0 Å². The molecule has 1 aromatic rings. The second kappa shape index (κ2) is 7.66. The molecule has 0 amide bonds. The van der Waals surface area contributed by atoms with E-state index >= 15 is 0 Å². The van der Waals surface area contributed by atoms with Crippen molar-refractivity contribution >= 4 is 0 Å². The molecule has 2 nitrogen and oxygen atoms in total. The second-order valence-corrected chi connectivity index (χ2v) is 5.68. The van der Waals surface area contributed by atoms with Crippen LogP contribution in [0.5, 0.6) is 0 Å². The normalized spacial score (nSPS) is 20.6. The van der Waals surface area contributed by atoms with Crippen molar-refractivity contribution in [3.8, 4) is 0 Å². The van der Waals surface area contributed by atoms with E-state index in [0.29, 0.717) is 12.0 Å². The van der Waals surface area contributed by atoms with Gasteiger partial charge < -0.3 is 10.1 Å². The van der Waals surface area contributed by atoms with Gasteiger partial charge >= 0.3 is 0 Å². The molecule has 1 aromatic carbocycles. The number of benzene rings is 1. The van der Waals surface area contributed by atoms with Crippen molar-refractivity contribution < 1.29 is 4.74 Å². The maximum atomic E-state index is 5.81. The van der Waals surface area contributed by atoms with Gasteiger partial charge in [0, 0.05) is 13.2 Å². The number of rotatable bonds is 7. The monoisotopic (exact) mass is 261 g/mol. The van der Waals surface area contributed by atoms with Crippen molar-refractivity contribution in [2.75, 3.05) is 19.7 Å². The number of nitrogens with one attached hydrogen (secondary N) is 1. The Hall–Kier alpha value is -0.860. The van der Waals surface area contributed by atoms with Crippen molar-refractivity contribution in [1.29, 1.82) is 0 Å².